The molecule has 130 valence electrons. The van der Waals surface area contributed by atoms with Gasteiger partial charge in [0.1, 0.15) is 0 Å². The SMILES string of the molecule is C=CC(=O)N[C@@H](C(=O)OCC)[C@H](OC(=O)CCBr)c1ccccc1. The van der Waals surface area contributed by atoms with Crippen LogP contribution in [-0.4, -0.2) is 35.8 Å². The largest absolute Gasteiger partial charge is 0.464 e. The van der Waals surface area contributed by atoms with Crippen LogP contribution in [0.4, 0.5) is 0 Å². The maximum Gasteiger partial charge on any atom is 0.332 e. The van der Waals surface area contributed by atoms with E-state index in [9.17, 15) is 14.4 Å². The van der Waals surface area contributed by atoms with Crippen LogP contribution in [0.1, 0.15) is 25.0 Å². The van der Waals surface area contributed by atoms with Crippen LogP contribution in [0.15, 0.2) is 43.0 Å². The van der Waals surface area contributed by atoms with Crippen molar-refractivity contribution in [1.29, 1.82) is 0 Å². The summed E-state index contributed by atoms with van der Waals surface area (Å²) in [4.78, 5) is 35.9. The highest BCUT2D eigenvalue weighted by molar-refractivity contribution is 9.09. The van der Waals surface area contributed by atoms with Gasteiger partial charge in [0, 0.05) is 5.33 Å². The molecule has 0 bridgehead atoms. The molecule has 0 unspecified atom stereocenters. The average molecular weight is 398 g/mol. The summed E-state index contributed by atoms with van der Waals surface area (Å²) in [7, 11) is 0. The lowest BCUT2D eigenvalue weighted by molar-refractivity contribution is -0.159. The average Bonchev–Trinajstić information content (AvgIpc) is 2.58. The second-order valence-electron chi connectivity index (χ2n) is 4.70. The number of amides is 1. The van der Waals surface area contributed by atoms with Crippen molar-refractivity contribution < 1.29 is 23.9 Å². The predicted molar refractivity (Wildman–Crippen MR) is 92.4 cm³/mol. The van der Waals surface area contributed by atoms with Gasteiger partial charge in [0.2, 0.25) is 5.91 Å². The molecule has 24 heavy (non-hydrogen) atoms. The molecule has 0 aliphatic heterocycles. The number of carbonyl (C=O) groups is 3. The first-order chi connectivity index (χ1) is 11.5. The number of halogens is 1. The number of hydrogen-bond acceptors (Lipinski definition) is 5. The monoisotopic (exact) mass is 397 g/mol. The number of ether oxygens (including phenoxy) is 2. The van der Waals surface area contributed by atoms with Gasteiger partial charge in [-0.15, -0.1) is 0 Å². The van der Waals surface area contributed by atoms with Crippen LogP contribution in [0.3, 0.4) is 0 Å². The van der Waals surface area contributed by atoms with Crippen LogP contribution in [0.5, 0.6) is 0 Å². The van der Waals surface area contributed by atoms with Gasteiger partial charge in [0.25, 0.3) is 0 Å². The number of alkyl halides is 1. The molecular weight excluding hydrogens is 378 g/mol. The molecule has 2 atom stereocenters. The van der Waals surface area contributed by atoms with Gasteiger partial charge in [0.15, 0.2) is 12.1 Å². The molecular formula is C17H20BrNO5. The fraction of sp³-hybridized carbons (Fsp3) is 0.353. The Morgan fingerprint density at radius 3 is 2.50 bits per heavy atom. The van der Waals surface area contributed by atoms with E-state index in [0.717, 1.165) is 6.08 Å². The molecule has 0 aromatic heterocycles. The Hall–Kier alpha value is -2.15. The number of benzene rings is 1. The third kappa shape index (κ3) is 6.16. The van der Waals surface area contributed by atoms with Gasteiger partial charge in [-0.05, 0) is 18.6 Å². The predicted octanol–water partition coefficient (Wildman–Crippen LogP) is 2.29. The molecule has 1 N–H and O–H groups in total. The van der Waals surface area contributed by atoms with Crippen LogP contribution >= 0.6 is 15.9 Å². The number of nitrogens with one attached hydrogen (secondary N) is 1. The number of carbonyl (C=O) groups excluding carboxylic acids is 3. The molecule has 1 rings (SSSR count). The standard InChI is InChI=1S/C17H20BrNO5/c1-3-13(20)19-15(17(22)23-4-2)16(24-14(21)10-11-18)12-8-6-5-7-9-12/h3,5-9,15-16H,1,4,10-11H2,2H3,(H,19,20)/t15-,16-/m1/s1. The smallest absolute Gasteiger partial charge is 0.332 e. The lowest BCUT2D eigenvalue weighted by atomic mass is 10.0. The molecule has 0 fully saturated rings. The summed E-state index contributed by atoms with van der Waals surface area (Å²) in [5.41, 5.74) is 0.572. The Morgan fingerprint density at radius 1 is 1.29 bits per heavy atom. The van der Waals surface area contributed by atoms with Crippen molar-refractivity contribution in [3.05, 3.63) is 48.6 Å². The molecule has 0 aliphatic rings. The van der Waals surface area contributed by atoms with E-state index in [2.05, 4.69) is 27.8 Å². The van der Waals surface area contributed by atoms with Gasteiger partial charge < -0.3 is 14.8 Å². The minimum Gasteiger partial charge on any atom is -0.464 e. The van der Waals surface area contributed by atoms with E-state index in [1.807, 2.05) is 0 Å². The number of rotatable bonds is 9. The minimum atomic E-state index is -1.17. The summed E-state index contributed by atoms with van der Waals surface area (Å²) in [6.45, 7) is 5.15. The first-order valence-corrected chi connectivity index (χ1v) is 8.55. The number of esters is 2. The summed E-state index contributed by atoms with van der Waals surface area (Å²) in [6.07, 6.45) is 0.170. The van der Waals surface area contributed by atoms with Crippen molar-refractivity contribution in [3.63, 3.8) is 0 Å². The lowest BCUT2D eigenvalue weighted by Crippen LogP contribution is -2.46. The summed E-state index contributed by atoms with van der Waals surface area (Å²) >= 11 is 3.16. The van der Waals surface area contributed by atoms with Crippen LogP contribution in [0.25, 0.3) is 0 Å². The summed E-state index contributed by atoms with van der Waals surface area (Å²) < 4.78 is 10.4. The molecule has 1 aromatic carbocycles. The third-order valence-electron chi connectivity index (χ3n) is 3.01. The topological polar surface area (TPSA) is 81.7 Å². The maximum atomic E-state index is 12.3. The molecule has 6 nitrogen and oxygen atoms in total. The Labute approximate surface area is 149 Å². The molecule has 0 spiro atoms. The highest BCUT2D eigenvalue weighted by atomic mass is 79.9. The molecule has 0 radical (unpaired) electrons. The second kappa shape index (κ2) is 10.6. The van der Waals surface area contributed by atoms with Gasteiger partial charge in [-0.25, -0.2) is 4.79 Å². The molecule has 0 saturated carbocycles. The first kappa shape index (κ1) is 19.9. The van der Waals surface area contributed by atoms with Crippen LogP contribution in [0, 0.1) is 0 Å². The normalized spacial score (nSPS) is 12.6. The van der Waals surface area contributed by atoms with Crippen LogP contribution in [-0.2, 0) is 23.9 Å². The zero-order valence-corrected chi connectivity index (χ0v) is 15.0. The third-order valence-corrected chi connectivity index (χ3v) is 3.41. The fourth-order valence-electron chi connectivity index (χ4n) is 1.95. The number of hydrogen-bond donors (Lipinski definition) is 1. The van der Waals surface area contributed by atoms with Crippen molar-refractivity contribution in [2.45, 2.75) is 25.5 Å². The molecule has 7 heteroatoms. The molecule has 0 saturated heterocycles. The Balaban J connectivity index is 3.17. The van der Waals surface area contributed by atoms with E-state index in [1.54, 1.807) is 37.3 Å². The maximum absolute atomic E-state index is 12.3. The van der Waals surface area contributed by atoms with E-state index in [-0.39, 0.29) is 13.0 Å². The van der Waals surface area contributed by atoms with Gasteiger partial charge in [0.05, 0.1) is 13.0 Å². The van der Waals surface area contributed by atoms with E-state index in [1.165, 1.54) is 0 Å². The Kier molecular flexibility index (Phi) is 8.78. The highest BCUT2D eigenvalue weighted by Crippen LogP contribution is 2.23. The van der Waals surface area contributed by atoms with E-state index in [4.69, 9.17) is 9.47 Å². The van der Waals surface area contributed by atoms with Gasteiger partial charge in [-0.3, -0.25) is 9.59 Å². The molecule has 0 aliphatic carbocycles. The Bertz CT molecular complexity index is 576. The van der Waals surface area contributed by atoms with Gasteiger partial charge in [-0.2, -0.15) is 0 Å². The van der Waals surface area contributed by atoms with Gasteiger partial charge >= 0.3 is 11.9 Å². The van der Waals surface area contributed by atoms with Gasteiger partial charge in [-0.1, -0.05) is 52.8 Å². The van der Waals surface area contributed by atoms with Crippen molar-refractivity contribution in [2.75, 3.05) is 11.9 Å². The quantitative estimate of drug-likeness (QED) is 0.392. The zero-order valence-electron chi connectivity index (χ0n) is 13.4. The molecule has 0 heterocycles. The van der Waals surface area contributed by atoms with E-state index in [0.29, 0.717) is 10.9 Å². The zero-order chi connectivity index (χ0) is 17.9. The van der Waals surface area contributed by atoms with E-state index < -0.39 is 30.0 Å². The lowest BCUT2D eigenvalue weighted by Gasteiger charge is -2.26. The summed E-state index contributed by atoms with van der Waals surface area (Å²) in [6, 6.07) is 7.53. The summed E-state index contributed by atoms with van der Waals surface area (Å²) in [5.74, 6) is -1.75. The van der Waals surface area contributed by atoms with Crippen molar-refractivity contribution in [3.8, 4) is 0 Å². The molecule has 1 amide bonds. The van der Waals surface area contributed by atoms with Crippen molar-refractivity contribution in [2.24, 2.45) is 0 Å². The van der Waals surface area contributed by atoms with Crippen LogP contribution in [0.2, 0.25) is 0 Å². The van der Waals surface area contributed by atoms with Crippen molar-refractivity contribution in [1.82, 2.24) is 5.32 Å². The van der Waals surface area contributed by atoms with Crippen LogP contribution < -0.4 is 5.32 Å². The highest BCUT2D eigenvalue weighted by Gasteiger charge is 2.34. The van der Waals surface area contributed by atoms with E-state index >= 15 is 0 Å². The minimum absolute atomic E-state index is 0.133. The second-order valence-corrected chi connectivity index (χ2v) is 5.50. The first-order valence-electron chi connectivity index (χ1n) is 7.43. The van der Waals surface area contributed by atoms with Crippen molar-refractivity contribution >= 4 is 33.8 Å². The Morgan fingerprint density at radius 2 is 1.96 bits per heavy atom. The fourth-order valence-corrected chi connectivity index (χ4v) is 2.28. The molecule has 1 aromatic rings. The summed E-state index contributed by atoms with van der Waals surface area (Å²) in [5, 5.41) is 2.90.